The predicted octanol–water partition coefficient (Wildman–Crippen LogP) is 5.83. The minimum absolute atomic E-state index is 0.00482. The Morgan fingerprint density at radius 1 is 1.15 bits per heavy atom. The highest BCUT2D eigenvalue weighted by Crippen LogP contribution is 2.36. The Balaban J connectivity index is 1.31. The summed E-state index contributed by atoms with van der Waals surface area (Å²) < 4.78 is 0. The number of aliphatic imine (C=N–C) groups is 1. The Morgan fingerprint density at radius 3 is 2.61 bits per heavy atom. The average Bonchev–Trinajstić information content (AvgIpc) is 3.33. The second-order valence-corrected chi connectivity index (χ2v) is 11.7. The van der Waals surface area contributed by atoms with E-state index in [0.717, 1.165) is 52.8 Å². The third kappa shape index (κ3) is 4.48. The van der Waals surface area contributed by atoms with Gasteiger partial charge in [0.15, 0.2) is 5.17 Å². The van der Waals surface area contributed by atoms with Crippen molar-refractivity contribution in [3.05, 3.63) is 46.1 Å². The summed E-state index contributed by atoms with van der Waals surface area (Å²) in [6, 6.07) is 7.42. The number of fused-ring (bicyclic) bond motifs is 1. The number of benzene rings is 1. The van der Waals surface area contributed by atoms with Crippen LogP contribution >= 0.6 is 34.7 Å². The molecule has 1 unspecified atom stereocenters. The maximum atomic E-state index is 13.5. The summed E-state index contributed by atoms with van der Waals surface area (Å²) in [4.78, 5) is 33.9. The number of piperidine rings is 1. The molecule has 33 heavy (non-hydrogen) atoms. The number of nitrogens with zero attached hydrogens (tertiary/aromatic N) is 5. The molecule has 2 saturated heterocycles. The van der Waals surface area contributed by atoms with E-state index in [1.54, 1.807) is 29.4 Å². The van der Waals surface area contributed by atoms with Crippen molar-refractivity contribution in [2.75, 3.05) is 24.5 Å². The summed E-state index contributed by atoms with van der Waals surface area (Å²) in [5.74, 6) is 1.20. The molecule has 0 N–H and O–H groups in total. The molecule has 0 saturated carbocycles. The zero-order chi connectivity index (χ0) is 23.1. The summed E-state index contributed by atoms with van der Waals surface area (Å²) in [6.45, 7) is 8.76. The molecular weight excluding hydrogens is 474 g/mol. The van der Waals surface area contributed by atoms with Gasteiger partial charge in [-0.1, -0.05) is 30.3 Å². The van der Waals surface area contributed by atoms with E-state index >= 15 is 0 Å². The van der Waals surface area contributed by atoms with E-state index in [4.69, 9.17) is 16.6 Å². The maximum Gasteiger partial charge on any atom is 0.231 e. The molecule has 1 amide bonds. The van der Waals surface area contributed by atoms with Gasteiger partial charge in [0.2, 0.25) is 5.91 Å². The van der Waals surface area contributed by atoms with Gasteiger partial charge in [0, 0.05) is 40.7 Å². The molecule has 6 nitrogen and oxygen atoms in total. The van der Waals surface area contributed by atoms with Crippen LogP contribution in [0.2, 0.25) is 5.02 Å². The van der Waals surface area contributed by atoms with Crippen LogP contribution in [-0.4, -0.2) is 50.8 Å². The standard InChI is InChI=1S/C24H26ClN5OS2/c1-14-12-30(24(32-14)28-19-6-4-18(25)5-7-19)23(31)17-8-10-29(11-9-17)21-20-15(2)16(3)33-22(20)27-13-26-21/h4-7,13-14,17H,8-12H2,1-3H3. The van der Waals surface area contributed by atoms with E-state index in [-0.39, 0.29) is 11.8 Å². The Kier molecular flexibility index (Phi) is 6.33. The van der Waals surface area contributed by atoms with Crippen LogP contribution in [0.3, 0.4) is 0 Å². The van der Waals surface area contributed by atoms with Crippen LogP contribution < -0.4 is 4.90 Å². The molecule has 172 valence electrons. The van der Waals surface area contributed by atoms with Gasteiger partial charge in [-0.05, 0) is 56.5 Å². The first-order valence-corrected chi connectivity index (χ1v) is 13.3. The molecule has 2 aliphatic heterocycles. The third-order valence-electron chi connectivity index (χ3n) is 6.38. The smallest absolute Gasteiger partial charge is 0.231 e. The molecule has 5 rings (SSSR count). The van der Waals surface area contributed by atoms with E-state index in [1.165, 1.54) is 10.4 Å². The van der Waals surface area contributed by atoms with Gasteiger partial charge in [-0.15, -0.1) is 11.3 Å². The van der Waals surface area contributed by atoms with Gasteiger partial charge in [-0.3, -0.25) is 9.69 Å². The van der Waals surface area contributed by atoms with Gasteiger partial charge < -0.3 is 4.90 Å². The maximum absolute atomic E-state index is 13.5. The number of carbonyl (C=O) groups is 1. The van der Waals surface area contributed by atoms with Gasteiger partial charge in [0.05, 0.1) is 11.1 Å². The van der Waals surface area contributed by atoms with E-state index in [2.05, 4.69) is 35.6 Å². The number of thiophene rings is 1. The fraction of sp³-hybridized carbons (Fsp3) is 0.417. The first kappa shape index (κ1) is 22.6. The highest BCUT2D eigenvalue weighted by molar-refractivity contribution is 8.14. The monoisotopic (exact) mass is 499 g/mol. The molecule has 2 aliphatic rings. The van der Waals surface area contributed by atoms with Crippen LogP contribution in [-0.2, 0) is 4.79 Å². The Bertz CT molecular complexity index is 1220. The normalized spacial score (nSPS) is 20.8. The molecule has 2 aromatic heterocycles. The summed E-state index contributed by atoms with van der Waals surface area (Å²) in [7, 11) is 0. The number of carbonyl (C=O) groups excluding carboxylic acids is 1. The van der Waals surface area contributed by atoms with Crippen molar-refractivity contribution in [1.29, 1.82) is 0 Å². The van der Waals surface area contributed by atoms with Crippen molar-refractivity contribution in [3.63, 3.8) is 0 Å². The zero-order valence-electron chi connectivity index (χ0n) is 18.9. The number of hydrogen-bond donors (Lipinski definition) is 0. The van der Waals surface area contributed by atoms with Crippen molar-refractivity contribution >= 4 is 67.5 Å². The van der Waals surface area contributed by atoms with Crippen molar-refractivity contribution in [3.8, 4) is 0 Å². The molecule has 0 bridgehead atoms. The lowest BCUT2D eigenvalue weighted by Gasteiger charge is -2.34. The van der Waals surface area contributed by atoms with E-state index in [9.17, 15) is 4.79 Å². The summed E-state index contributed by atoms with van der Waals surface area (Å²) in [6.07, 6.45) is 3.29. The highest BCUT2D eigenvalue weighted by atomic mass is 35.5. The van der Waals surface area contributed by atoms with Crippen LogP contribution in [0.5, 0.6) is 0 Å². The van der Waals surface area contributed by atoms with Crippen LogP contribution in [0.4, 0.5) is 11.5 Å². The van der Waals surface area contributed by atoms with E-state index < -0.39 is 0 Å². The van der Waals surface area contributed by atoms with Gasteiger partial charge >= 0.3 is 0 Å². The number of halogens is 1. The van der Waals surface area contributed by atoms with Gasteiger partial charge in [-0.2, -0.15) is 0 Å². The SMILES string of the molecule is Cc1sc2ncnc(N3CCC(C(=O)N4CC(C)SC4=Nc4ccc(Cl)cc4)CC3)c2c1C. The summed E-state index contributed by atoms with van der Waals surface area (Å²) in [5, 5.41) is 2.96. The number of amidine groups is 1. The highest BCUT2D eigenvalue weighted by Gasteiger charge is 2.36. The van der Waals surface area contributed by atoms with Crippen molar-refractivity contribution in [2.45, 2.75) is 38.9 Å². The molecular formula is C24H26ClN5OS2. The van der Waals surface area contributed by atoms with Gasteiger partial charge in [0.25, 0.3) is 0 Å². The molecule has 1 atom stereocenters. The number of thioether (sulfide) groups is 1. The number of anilines is 1. The molecule has 4 heterocycles. The number of aromatic nitrogens is 2. The molecule has 3 aromatic rings. The lowest BCUT2D eigenvalue weighted by Crippen LogP contribution is -2.43. The minimum Gasteiger partial charge on any atom is -0.356 e. The van der Waals surface area contributed by atoms with Crippen LogP contribution in [0, 0.1) is 19.8 Å². The first-order valence-electron chi connectivity index (χ1n) is 11.2. The third-order valence-corrected chi connectivity index (χ3v) is 8.82. The summed E-state index contributed by atoms with van der Waals surface area (Å²) >= 11 is 9.38. The average molecular weight is 500 g/mol. The Morgan fingerprint density at radius 2 is 1.88 bits per heavy atom. The quantitative estimate of drug-likeness (QED) is 0.453. The molecule has 0 spiro atoms. The fourth-order valence-electron chi connectivity index (χ4n) is 4.48. The first-order chi connectivity index (χ1) is 15.9. The molecule has 9 heteroatoms. The van der Waals surface area contributed by atoms with Crippen LogP contribution in [0.15, 0.2) is 35.6 Å². The van der Waals surface area contributed by atoms with Crippen LogP contribution in [0.1, 0.15) is 30.2 Å². The lowest BCUT2D eigenvalue weighted by atomic mass is 9.95. The van der Waals surface area contributed by atoms with E-state index in [1.807, 2.05) is 29.2 Å². The van der Waals surface area contributed by atoms with E-state index in [0.29, 0.717) is 16.8 Å². The predicted molar refractivity (Wildman–Crippen MR) is 139 cm³/mol. The van der Waals surface area contributed by atoms with Gasteiger partial charge in [0.1, 0.15) is 17.0 Å². The number of hydrogen-bond acceptors (Lipinski definition) is 7. The Labute approximate surface area is 207 Å². The van der Waals surface area contributed by atoms with Crippen molar-refractivity contribution in [2.24, 2.45) is 10.9 Å². The van der Waals surface area contributed by atoms with Gasteiger partial charge in [-0.25, -0.2) is 15.0 Å². The zero-order valence-corrected chi connectivity index (χ0v) is 21.3. The van der Waals surface area contributed by atoms with Crippen molar-refractivity contribution < 1.29 is 4.79 Å². The largest absolute Gasteiger partial charge is 0.356 e. The number of amides is 1. The molecule has 0 radical (unpaired) electrons. The number of rotatable bonds is 3. The molecule has 0 aliphatic carbocycles. The molecule has 1 aromatic carbocycles. The fourth-order valence-corrected chi connectivity index (χ4v) is 6.63. The Hall–Kier alpha value is -2.16. The summed E-state index contributed by atoms with van der Waals surface area (Å²) in [5.41, 5.74) is 2.08. The minimum atomic E-state index is 0.00482. The lowest BCUT2D eigenvalue weighted by molar-refractivity contribution is -0.131. The molecule has 2 fully saturated rings. The second-order valence-electron chi connectivity index (χ2n) is 8.67. The second kappa shape index (κ2) is 9.24. The van der Waals surface area contributed by atoms with Crippen LogP contribution in [0.25, 0.3) is 10.2 Å². The number of aryl methyl sites for hydroxylation is 2. The van der Waals surface area contributed by atoms with Crippen molar-refractivity contribution in [1.82, 2.24) is 14.9 Å². The topological polar surface area (TPSA) is 61.7 Å².